The van der Waals surface area contributed by atoms with Gasteiger partial charge in [-0.25, -0.2) is 5.43 Å². The van der Waals surface area contributed by atoms with Crippen molar-refractivity contribution in [2.24, 2.45) is 5.10 Å². The van der Waals surface area contributed by atoms with Gasteiger partial charge in [-0.2, -0.15) is 5.10 Å². The van der Waals surface area contributed by atoms with Crippen LogP contribution in [0.3, 0.4) is 0 Å². The molecule has 0 bridgehead atoms. The van der Waals surface area contributed by atoms with Gasteiger partial charge < -0.3 is 0 Å². The average molecular weight is 313 g/mol. The maximum atomic E-state index is 11.6. The monoisotopic (exact) mass is 312 g/mol. The molecule has 0 fully saturated rings. The second-order valence-corrected chi connectivity index (χ2v) is 5.53. The highest BCUT2D eigenvalue weighted by molar-refractivity contribution is 7.10. The van der Waals surface area contributed by atoms with E-state index in [4.69, 9.17) is 23.2 Å². The summed E-state index contributed by atoms with van der Waals surface area (Å²) >= 11 is 13.5. The Balaban J connectivity index is 1.95. The Hall–Kier alpha value is -1.36. The maximum absolute atomic E-state index is 11.6. The average Bonchev–Trinajstić information content (AvgIpc) is 2.85. The van der Waals surface area contributed by atoms with Crippen LogP contribution in [0.15, 0.2) is 40.8 Å². The molecule has 0 saturated heterocycles. The molecule has 0 aliphatic carbocycles. The molecule has 1 N–H and O–H groups in total. The fraction of sp³-hybridized carbons (Fsp3) is 0.0769. The van der Waals surface area contributed by atoms with Gasteiger partial charge in [-0.1, -0.05) is 35.3 Å². The lowest BCUT2D eigenvalue weighted by Crippen LogP contribution is -2.19. The quantitative estimate of drug-likeness (QED) is 0.678. The van der Waals surface area contributed by atoms with E-state index in [-0.39, 0.29) is 5.91 Å². The second-order valence-electron chi connectivity index (χ2n) is 3.68. The fourth-order valence-corrected chi connectivity index (χ4v) is 2.61. The first-order valence-electron chi connectivity index (χ1n) is 5.45. The maximum Gasteiger partial charge on any atom is 0.245 e. The van der Waals surface area contributed by atoms with Gasteiger partial charge in [-0.15, -0.1) is 11.3 Å². The van der Waals surface area contributed by atoms with Crippen molar-refractivity contribution in [3.05, 3.63) is 56.2 Å². The number of rotatable bonds is 4. The number of hydrazone groups is 1. The van der Waals surface area contributed by atoms with Crippen molar-refractivity contribution in [1.29, 1.82) is 0 Å². The van der Waals surface area contributed by atoms with E-state index < -0.39 is 0 Å². The number of nitrogens with one attached hydrogen (secondary N) is 1. The molecule has 6 heteroatoms. The Kier molecular flexibility index (Phi) is 4.96. The van der Waals surface area contributed by atoms with Crippen LogP contribution in [0.25, 0.3) is 0 Å². The lowest BCUT2D eigenvalue weighted by molar-refractivity contribution is -0.120. The largest absolute Gasteiger partial charge is 0.273 e. The third-order valence-electron chi connectivity index (χ3n) is 2.30. The zero-order valence-corrected chi connectivity index (χ0v) is 12.1. The number of halogens is 2. The molecular weight excluding hydrogens is 303 g/mol. The molecule has 0 aliphatic heterocycles. The molecule has 1 amide bonds. The summed E-state index contributed by atoms with van der Waals surface area (Å²) < 4.78 is 0. The summed E-state index contributed by atoms with van der Waals surface area (Å²) in [5, 5.41) is 6.76. The van der Waals surface area contributed by atoms with E-state index in [0.717, 1.165) is 4.88 Å². The Morgan fingerprint density at radius 2 is 2.00 bits per heavy atom. The molecule has 0 unspecified atom stereocenters. The first-order valence-corrected chi connectivity index (χ1v) is 7.08. The van der Waals surface area contributed by atoms with E-state index in [2.05, 4.69) is 10.5 Å². The van der Waals surface area contributed by atoms with Crippen molar-refractivity contribution < 1.29 is 4.79 Å². The van der Waals surface area contributed by atoms with Gasteiger partial charge in [0.15, 0.2) is 0 Å². The van der Waals surface area contributed by atoms with Crippen LogP contribution >= 0.6 is 34.5 Å². The number of thiophene rings is 1. The van der Waals surface area contributed by atoms with Gasteiger partial charge in [0.05, 0.1) is 22.7 Å². The first kappa shape index (κ1) is 14.1. The van der Waals surface area contributed by atoms with E-state index >= 15 is 0 Å². The summed E-state index contributed by atoms with van der Waals surface area (Å²) in [4.78, 5) is 12.6. The van der Waals surface area contributed by atoms with Crippen LogP contribution in [0, 0.1) is 0 Å². The summed E-state index contributed by atoms with van der Waals surface area (Å²) in [7, 11) is 0. The number of hydrogen-bond donors (Lipinski definition) is 1. The van der Waals surface area contributed by atoms with Crippen molar-refractivity contribution in [3.8, 4) is 0 Å². The third kappa shape index (κ3) is 4.06. The lowest BCUT2D eigenvalue weighted by Gasteiger charge is -2.01. The smallest absolute Gasteiger partial charge is 0.245 e. The number of amides is 1. The Labute approximate surface area is 124 Å². The van der Waals surface area contributed by atoms with E-state index in [1.807, 2.05) is 17.5 Å². The molecule has 0 saturated carbocycles. The normalized spacial score (nSPS) is 10.8. The van der Waals surface area contributed by atoms with Crippen molar-refractivity contribution in [2.45, 2.75) is 6.42 Å². The van der Waals surface area contributed by atoms with Gasteiger partial charge in [0.1, 0.15) is 0 Å². The third-order valence-corrected chi connectivity index (χ3v) is 3.83. The van der Waals surface area contributed by atoms with E-state index in [0.29, 0.717) is 22.0 Å². The van der Waals surface area contributed by atoms with Crippen molar-refractivity contribution in [3.63, 3.8) is 0 Å². The van der Waals surface area contributed by atoms with Crippen molar-refractivity contribution >= 4 is 46.7 Å². The van der Waals surface area contributed by atoms with Crippen LogP contribution in [0.5, 0.6) is 0 Å². The molecule has 0 aliphatic rings. The highest BCUT2D eigenvalue weighted by Gasteiger charge is 2.04. The highest BCUT2D eigenvalue weighted by Crippen LogP contribution is 2.21. The molecule has 1 aromatic heterocycles. The SMILES string of the molecule is O=C(Cc1cccs1)N/N=C/c1c(Cl)cccc1Cl. The van der Waals surface area contributed by atoms with Crippen LogP contribution in [0.2, 0.25) is 10.0 Å². The van der Waals surface area contributed by atoms with Crippen LogP contribution in [-0.2, 0) is 11.2 Å². The van der Waals surface area contributed by atoms with Gasteiger partial charge in [0.2, 0.25) is 5.91 Å². The zero-order valence-electron chi connectivity index (χ0n) is 9.77. The minimum atomic E-state index is -0.179. The molecule has 0 spiro atoms. The fourth-order valence-electron chi connectivity index (χ4n) is 1.41. The van der Waals surface area contributed by atoms with Crippen LogP contribution < -0.4 is 5.43 Å². The topological polar surface area (TPSA) is 41.5 Å². The van der Waals surface area contributed by atoms with Crippen molar-refractivity contribution in [1.82, 2.24) is 5.43 Å². The van der Waals surface area contributed by atoms with Gasteiger partial charge in [-0.3, -0.25) is 4.79 Å². The van der Waals surface area contributed by atoms with E-state index in [9.17, 15) is 4.79 Å². The first-order chi connectivity index (χ1) is 9.16. The predicted molar refractivity (Wildman–Crippen MR) is 80.2 cm³/mol. The minimum absolute atomic E-state index is 0.179. The Bertz CT molecular complexity index is 576. The Morgan fingerprint density at radius 1 is 1.26 bits per heavy atom. The standard InChI is InChI=1S/C13H10Cl2N2OS/c14-11-4-1-5-12(15)10(11)8-16-17-13(18)7-9-3-2-6-19-9/h1-6,8H,7H2,(H,17,18)/b16-8+. The number of carbonyl (C=O) groups excluding carboxylic acids is 1. The predicted octanol–water partition coefficient (Wildman–Crippen LogP) is 3.75. The molecule has 2 aromatic rings. The summed E-state index contributed by atoms with van der Waals surface area (Å²) in [5.74, 6) is -0.179. The number of benzene rings is 1. The summed E-state index contributed by atoms with van der Waals surface area (Å²) in [6.45, 7) is 0. The van der Waals surface area contributed by atoms with Gasteiger partial charge in [0.25, 0.3) is 0 Å². The molecule has 3 nitrogen and oxygen atoms in total. The van der Waals surface area contributed by atoms with Crippen LogP contribution in [-0.4, -0.2) is 12.1 Å². The summed E-state index contributed by atoms with van der Waals surface area (Å²) in [5.41, 5.74) is 3.03. The highest BCUT2D eigenvalue weighted by atomic mass is 35.5. The molecular formula is C13H10Cl2N2OS. The van der Waals surface area contributed by atoms with E-state index in [1.165, 1.54) is 17.6 Å². The molecule has 2 rings (SSSR count). The molecule has 1 heterocycles. The van der Waals surface area contributed by atoms with Crippen molar-refractivity contribution in [2.75, 3.05) is 0 Å². The molecule has 0 atom stereocenters. The van der Waals surface area contributed by atoms with Gasteiger partial charge >= 0.3 is 0 Å². The molecule has 19 heavy (non-hydrogen) atoms. The number of nitrogens with zero attached hydrogens (tertiary/aromatic N) is 1. The van der Waals surface area contributed by atoms with Crippen LogP contribution in [0.1, 0.15) is 10.4 Å². The molecule has 98 valence electrons. The number of hydrogen-bond acceptors (Lipinski definition) is 3. The zero-order chi connectivity index (χ0) is 13.7. The lowest BCUT2D eigenvalue weighted by atomic mass is 10.2. The second kappa shape index (κ2) is 6.70. The minimum Gasteiger partial charge on any atom is -0.273 e. The van der Waals surface area contributed by atoms with E-state index in [1.54, 1.807) is 18.2 Å². The summed E-state index contributed by atoms with van der Waals surface area (Å²) in [6, 6.07) is 8.97. The number of carbonyl (C=O) groups is 1. The van der Waals surface area contributed by atoms with Gasteiger partial charge in [0, 0.05) is 10.4 Å². The molecule has 1 aromatic carbocycles. The van der Waals surface area contributed by atoms with Gasteiger partial charge in [-0.05, 0) is 23.6 Å². The molecule has 0 radical (unpaired) electrons. The van der Waals surface area contributed by atoms with Crippen LogP contribution in [0.4, 0.5) is 0 Å². The Morgan fingerprint density at radius 3 is 2.63 bits per heavy atom. The summed E-state index contributed by atoms with van der Waals surface area (Å²) in [6.07, 6.45) is 1.75.